The highest BCUT2D eigenvalue weighted by atomic mass is 33.5. The Balaban J connectivity index is 0.000000196. The Morgan fingerprint density at radius 3 is 1.04 bits per heavy atom. The molecule has 50 heteroatoms. The van der Waals surface area contributed by atoms with E-state index in [1.165, 1.54) is 56.3 Å². The number of carbonyl (C=O) groups is 2. The van der Waals surface area contributed by atoms with E-state index in [9.17, 15) is 9.59 Å². The summed E-state index contributed by atoms with van der Waals surface area (Å²) in [6, 6.07) is 65.4. The summed E-state index contributed by atoms with van der Waals surface area (Å²) in [6.07, 6.45) is 11.3. The average molecular weight is 2530 g/mol. The van der Waals surface area contributed by atoms with E-state index in [0.29, 0.717) is 49.5 Å². The summed E-state index contributed by atoms with van der Waals surface area (Å²) in [6.45, 7) is 23.1. The average Bonchev–Trinajstić information content (AvgIpc) is 1.25. The monoisotopic (exact) mass is 2530 g/mol. The van der Waals surface area contributed by atoms with Crippen LogP contribution in [0.1, 0.15) is 150 Å². The molecule has 6 aromatic carbocycles. The van der Waals surface area contributed by atoms with Crippen LogP contribution in [-0.4, -0.2) is 66.9 Å². The lowest BCUT2D eigenvalue weighted by Gasteiger charge is -2.67. The number of benzene rings is 6. The van der Waals surface area contributed by atoms with Gasteiger partial charge in [0.1, 0.15) is 25.2 Å². The van der Waals surface area contributed by atoms with Gasteiger partial charge < -0.3 is 27.8 Å². The van der Waals surface area contributed by atoms with Crippen LogP contribution in [0.2, 0.25) is 6.04 Å². The summed E-state index contributed by atoms with van der Waals surface area (Å²) in [4.78, 5) is 28.4. The third kappa shape index (κ3) is 32.8. The number of rotatable bonds is 18. The second-order valence-corrected chi connectivity index (χ2v) is 102. The van der Waals surface area contributed by atoms with E-state index < -0.39 is 17.4 Å². The number of ether oxygens (including phenoxy) is 4. The van der Waals surface area contributed by atoms with E-state index in [1.807, 2.05) is 134 Å². The SMILES string of the molecule is CC[C@@]1(C)C[C@@H](O[SiH](c2ccccc2)c2ccccc2)[C@@]2(C)C3C(=O)CC[C@@]3(CC[C@H]2C)[C@@H](C)[C@@H]1OCOCc1ccccc1.CC[C@@]1(C)C[C@H]2O[Si](c3ccccc3)(c3ccccc3)C[C@@H]3CC[C@]4(CCC(=O)C4[C@@]32C)[C@@H](C)[C@@H]1OCOCc1ccccc1.S=S=S=S=S=S=S=S=S=S=S.S=S=S=S=S=S=S=S=S=S=S=S=S=S=S=S=S=S=S=S=S=S=S=S=S=S=S=S=S. The number of hydrogen-bond donors (Lipinski definition) is 0. The first kappa shape index (κ1) is 116. The second-order valence-electron chi connectivity index (χ2n) is 32.4. The quantitative estimate of drug-likeness (QED) is 0.0466. The van der Waals surface area contributed by atoms with Gasteiger partial charge in [-0.05, 0) is 147 Å². The molecule has 1 aliphatic heterocycles. The molecule has 718 valence electrons. The summed E-state index contributed by atoms with van der Waals surface area (Å²) < 4.78 is 41.6. The van der Waals surface area contributed by atoms with E-state index in [1.54, 1.807) is 186 Å². The van der Waals surface area contributed by atoms with Crippen LogP contribution in [0.15, 0.2) is 182 Å². The van der Waals surface area contributed by atoms with Gasteiger partial charge in [0.15, 0.2) is 0 Å². The van der Waals surface area contributed by atoms with Gasteiger partial charge in [-0.2, -0.15) is 0 Å². The topological polar surface area (TPSA) is 89.5 Å². The molecule has 16 atom stereocenters. The molecule has 2 unspecified atom stereocenters. The van der Waals surface area contributed by atoms with Gasteiger partial charge in [0.25, 0.3) is 8.32 Å². The Morgan fingerprint density at radius 2 is 0.700 bits per heavy atom. The zero-order chi connectivity index (χ0) is 92.4. The fourth-order valence-corrected chi connectivity index (χ4v) is 116. The van der Waals surface area contributed by atoms with E-state index >= 15 is 0 Å². The Kier molecular flexibility index (Phi) is 55.6. The lowest BCUT2D eigenvalue weighted by atomic mass is 9.43. The van der Waals surface area contributed by atoms with Gasteiger partial charge in [0.05, 0.1) is 37.6 Å². The molecule has 0 radical (unpaired) electrons. The van der Waals surface area contributed by atoms with Gasteiger partial charge in [0.2, 0.25) is 9.04 Å². The molecular formula is C80H102O8S40Si2. The number of ketones is 2. The Hall–Kier alpha value is 3.65. The maximum absolute atomic E-state index is 14.2. The molecule has 8 nitrogen and oxygen atoms in total. The van der Waals surface area contributed by atoms with Crippen molar-refractivity contribution in [3.8, 4) is 0 Å². The molecule has 6 aromatic rings. The van der Waals surface area contributed by atoms with Crippen molar-refractivity contribution >= 4 is 414 Å². The highest BCUT2D eigenvalue weighted by Gasteiger charge is 2.73. The van der Waals surface area contributed by atoms with Crippen LogP contribution in [0.3, 0.4) is 0 Å². The molecule has 7 aliphatic rings. The van der Waals surface area contributed by atoms with E-state index in [-0.39, 0.29) is 94.2 Å². The smallest absolute Gasteiger partial charge is 0.256 e. The molecule has 0 N–H and O–H groups in total. The molecule has 0 aromatic heterocycles. The molecule has 1 saturated heterocycles. The molecule has 7 fully saturated rings. The van der Waals surface area contributed by atoms with Crippen LogP contribution in [0, 0.1) is 68.0 Å². The predicted molar refractivity (Wildman–Crippen MR) is 660 cm³/mol. The Bertz CT molecular complexity index is 6340. The Labute approximate surface area is 894 Å². The lowest BCUT2D eigenvalue weighted by molar-refractivity contribution is -0.228. The molecule has 0 amide bonds. The van der Waals surface area contributed by atoms with Crippen LogP contribution in [-0.2, 0) is 415 Å². The molecule has 4 bridgehead atoms. The van der Waals surface area contributed by atoms with Gasteiger partial charge in [-0.1, -0.05) is 244 Å². The Morgan fingerprint density at radius 1 is 0.392 bits per heavy atom. The minimum Gasteiger partial charge on any atom is -0.407 e. The van der Waals surface area contributed by atoms with Gasteiger partial charge in [-0.25, -0.2) is 0 Å². The van der Waals surface area contributed by atoms with Crippen LogP contribution in [0.5, 0.6) is 0 Å². The third-order valence-corrected chi connectivity index (χ3v) is 109. The fraction of sp³-hybridized carbons (Fsp3) is 0.525. The summed E-state index contributed by atoms with van der Waals surface area (Å²) >= 11 is 18.9. The molecule has 0 spiro atoms. The van der Waals surface area contributed by atoms with Gasteiger partial charge in [-0.3, -0.25) is 9.59 Å². The fourth-order valence-electron chi connectivity index (χ4n) is 20.7. The van der Waals surface area contributed by atoms with Gasteiger partial charge >= 0.3 is 0 Å². The highest BCUT2D eigenvalue weighted by molar-refractivity contribution is 8.80. The highest BCUT2D eigenvalue weighted by Crippen LogP contribution is 2.72. The molecule has 1 heterocycles. The van der Waals surface area contributed by atoms with E-state index in [2.05, 4.69) is 230 Å². The zero-order valence-corrected chi connectivity index (χ0v) is 107. The number of Topliss-reactive ketones (excluding diaryl/α,β-unsaturated/α-hetero) is 2. The molecule has 6 saturated carbocycles. The van der Waals surface area contributed by atoms with Gasteiger partial charge in [0, 0.05) is 400 Å². The summed E-state index contributed by atoms with van der Waals surface area (Å²) in [5.74, 6) is 2.24. The zero-order valence-electron chi connectivity index (χ0n) is 71.8. The largest absolute Gasteiger partial charge is 0.407 e. The first-order valence-corrected chi connectivity index (χ1v) is 95.3. The predicted octanol–water partition coefficient (Wildman–Crippen LogP) is 14.8. The van der Waals surface area contributed by atoms with Crippen molar-refractivity contribution in [3.05, 3.63) is 193 Å². The molecular weight excluding hydrogens is 2430 g/mol. The summed E-state index contributed by atoms with van der Waals surface area (Å²) in [5.41, 5.74) is 1.44. The van der Waals surface area contributed by atoms with Crippen molar-refractivity contribution in [2.75, 3.05) is 13.6 Å². The normalized spacial score (nSPS) is 27.1. The van der Waals surface area contributed by atoms with Crippen LogP contribution < -0.4 is 20.7 Å². The summed E-state index contributed by atoms with van der Waals surface area (Å²) in [7, 11) is 57.0. The van der Waals surface area contributed by atoms with Crippen molar-refractivity contribution in [2.24, 2.45) is 68.0 Å². The van der Waals surface area contributed by atoms with Crippen molar-refractivity contribution in [1.82, 2.24) is 0 Å². The standard InChI is InChI=1S/C40H50O4Si.C40H52O4Si.S29.S11/c1-5-38(3)25-35-39(4)31(27-45(44-35,32-17-11-7-12-18-32)33-19-13-8-14-20-33)21-23-40(24-22-34(41)36(39)40)29(2)37(38)43-28-42-26-30-15-9-6-10-16-30;1-6-38(4)26-35(44-45(32-18-12-8-13-19-32)33-20-14-9-15-21-33)39(5)29(2)22-24-40(25-23-34(41)36(39)40)30(3)37(38)43-28-42-27-31-16-10-7-11-17-31;1-3-5-7-9-11-13-15-17-19-21-23-25-27-29-28-26-24-22-20-18-16-14-12-10-8-6-4-2;1-3-5-7-9-11-10-8-6-4-2/h6-20,29,31,35-37H,5,21-28H2,1-4H3;7-21,29-30,35-37,45H,6,22-28H2,1-5H3;;/t29-,31-,35+,36?,37-,38-,39-,40-;29-,30+,35-,36?,37+,38+,39+,40+;;/m01../s1. The molecule has 130 heavy (non-hydrogen) atoms. The second kappa shape index (κ2) is 62.6. The van der Waals surface area contributed by atoms with Crippen LogP contribution >= 0.6 is 0 Å². The van der Waals surface area contributed by atoms with Crippen LogP contribution in [0.4, 0.5) is 0 Å². The minimum atomic E-state index is -2.62. The van der Waals surface area contributed by atoms with E-state index in [4.69, 9.17) is 50.2 Å². The minimum absolute atomic E-state index is 0.0139. The molecule has 13 rings (SSSR count). The van der Waals surface area contributed by atoms with E-state index in [0.717, 1.165) is 81.4 Å². The third-order valence-electron chi connectivity index (χ3n) is 26.7. The maximum atomic E-state index is 14.2. The number of carbonyl (C=O) groups excluding carboxylic acids is 2. The summed E-state index contributed by atoms with van der Waals surface area (Å²) in [5, 5.41) is 5.28. The van der Waals surface area contributed by atoms with Crippen LogP contribution in [0.25, 0.3) is 0 Å². The van der Waals surface area contributed by atoms with Crippen molar-refractivity contribution < 1.29 is 37.4 Å². The van der Waals surface area contributed by atoms with Crippen molar-refractivity contribution in [1.29, 1.82) is 0 Å². The van der Waals surface area contributed by atoms with Crippen molar-refractivity contribution in [3.63, 3.8) is 0 Å². The molecule has 6 aliphatic carbocycles. The van der Waals surface area contributed by atoms with Crippen molar-refractivity contribution in [2.45, 2.75) is 183 Å². The first-order chi connectivity index (χ1) is 63.3. The maximum Gasteiger partial charge on any atom is 0.256 e. The lowest BCUT2D eigenvalue weighted by Crippen LogP contribution is -2.74. The first-order valence-electron chi connectivity index (χ1n) is 40.9. The van der Waals surface area contributed by atoms with Gasteiger partial charge in [-0.15, -0.1) is 0 Å². The number of hydrogen-bond acceptors (Lipinski definition) is 12.